The minimum atomic E-state index is -1.55. The fraction of sp³-hybridized carbons (Fsp3) is 0.500. The molecule has 1 aromatic rings. The SMILES string of the molecule is OC[C@H]1O[C@H](c2cccc(Cl)c2F)[C@@H](O)[C@@H](O)[C@@H]1O. The van der Waals surface area contributed by atoms with E-state index < -0.39 is 42.9 Å². The molecule has 0 radical (unpaired) electrons. The van der Waals surface area contributed by atoms with Crippen LogP contribution >= 0.6 is 11.6 Å². The Hall–Kier alpha value is -0.760. The molecule has 19 heavy (non-hydrogen) atoms. The fourth-order valence-corrected chi connectivity index (χ4v) is 2.28. The van der Waals surface area contributed by atoms with Crippen LogP contribution < -0.4 is 0 Å². The van der Waals surface area contributed by atoms with Gasteiger partial charge in [-0.15, -0.1) is 0 Å². The maximum absolute atomic E-state index is 13.9. The summed E-state index contributed by atoms with van der Waals surface area (Å²) in [6, 6.07) is 4.17. The third-order valence-electron chi connectivity index (χ3n) is 3.18. The second-order valence-electron chi connectivity index (χ2n) is 4.39. The predicted molar refractivity (Wildman–Crippen MR) is 64.1 cm³/mol. The van der Waals surface area contributed by atoms with Gasteiger partial charge in [0.1, 0.15) is 36.3 Å². The van der Waals surface area contributed by atoms with Gasteiger partial charge in [-0.2, -0.15) is 0 Å². The van der Waals surface area contributed by atoms with Crippen molar-refractivity contribution in [2.45, 2.75) is 30.5 Å². The summed E-state index contributed by atoms with van der Waals surface area (Å²) in [6.07, 6.45) is -6.84. The zero-order chi connectivity index (χ0) is 14.2. The molecule has 2 rings (SSSR count). The summed E-state index contributed by atoms with van der Waals surface area (Å²) in [5, 5.41) is 38.1. The highest BCUT2D eigenvalue weighted by Crippen LogP contribution is 2.35. The van der Waals surface area contributed by atoms with Gasteiger partial charge in [0.15, 0.2) is 0 Å². The Kier molecular flexibility index (Phi) is 4.39. The summed E-state index contributed by atoms with van der Waals surface area (Å²) in [6.45, 7) is -0.566. The third-order valence-corrected chi connectivity index (χ3v) is 3.47. The van der Waals surface area contributed by atoms with E-state index in [0.717, 1.165) is 0 Å². The molecule has 4 N–H and O–H groups in total. The van der Waals surface area contributed by atoms with Gasteiger partial charge in [0, 0.05) is 5.56 Å². The molecule has 106 valence electrons. The molecule has 0 bridgehead atoms. The number of hydrogen-bond donors (Lipinski definition) is 4. The summed E-state index contributed by atoms with van der Waals surface area (Å²) in [5.41, 5.74) is -0.0376. The summed E-state index contributed by atoms with van der Waals surface area (Å²) < 4.78 is 19.1. The summed E-state index contributed by atoms with van der Waals surface area (Å²) in [7, 11) is 0. The van der Waals surface area contributed by atoms with E-state index in [1.165, 1.54) is 18.2 Å². The second-order valence-corrected chi connectivity index (χ2v) is 4.80. The van der Waals surface area contributed by atoms with Gasteiger partial charge in [0.05, 0.1) is 11.6 Å². The Labute approximate surface area is 113 Å². The van der Waals surface area contributed by atoms with Crippen LogP contribution in [0.4, 0.5) is 4.39 Å². The molecule has 0 amide bonds. The zero-order valence-corrected chi connectivity index (χ0v) is 10.5. The largest absolute Gasteiger partial charge is 0.394 e. The van der Waals surface area contributed by atoms with Crippen LogP contribution in [0.5, 0.6) is 0 Å². The lowest BCUT2D eigenvalue weighted by molar-refractivity contribution is -0.232. The summed E-state index contributed by atoms with van der Waals surface area (Å²) in [5.74, 6) is -0.770. The quantitative estimate of drug-likeness (QED) is 0.616. The molecule has 1 aromatic carbocycles. The molecule has 1 fully saturated rings. The zero-order valence-electron chi connectivity index (χ0n) is 9.78. The Bertz CT molecular complexity index is 456. The second kappa shape index (κ2) is 5.70. The minimum absolute atomic E-state index is 0.0376. The molecule has 1 aliphatic rings. The molecule has 5 nitrogen and oxygen atoms in total. The van der Waals surface area contributed by atoms with Crippen molar-refractivity contribution < 1.29 is 29.6 Å². The first-order valence-corrected chi connectivity index (χ1v) is 6.09. The molecule has 0 saturated carbocycles. The van der Waals surface area contributed by atoms with Crippen molar-refractivity contribution in [3.63, 3.8) is 0 Å². The van der Waals surface area contributed by atoms with Crippen molar-refractivity contribution in [3.05, 3.63) is 34.6 Å². The van der Waals surface area contributed by atoms with Gasteiger partial charge in [-0.05, 0) is 6.07 Å². The highest BCUT2D eigenvalue weighted by molar-refractivity contribution is 6.30. The maximum Gasteiger partial charge on any atom is 0.147 e. The predicted octanol–water partition coefficient (Wildman–Crippen LogP) is -0.00600. The van der Waals surface area contributed by atoms with Crippen LogP contribution in [-0.4, -0.2) is 51.4 Å². The van der Waals surface area contributed by atoms with E-state index in [2.05, 4.69) is 0 Å². The Morgan fingerprint density at radius 3 is 2.47 bits per heavy atom. The van der Waals surface area contributed by atoms with Crippen LogP contribution in [0.3, 0.4) is 0 Å². The van der Waals surface area contributed by atoms with Crippen LogP contribution in [0.2, 0.25) is 5.02 Å². The van der Waals surface area contributed by atoms with E-state index in [9.17, 15) is 19.7 Å². The van der Waals surface area contributed by atoms with E-state index in [-0.39, 0.29) is 10.6 Å². The number of ether oxygens (including phenoxy) is 1. The van der Waals surface area contributed by atoms with Crippen molar-refractivity contribution in [3.8, 4) is 0 Å². The molecular weight excluding hydrogens is 279 g/mol. The molecule has 0 unspecified atom stereocenters. The average Bonchev–Trinajstić information content (AvgIpc) is 2.40. The molecule has 5 atom stereocenters. The lowest BCUT2D eigenvalue weighted by Crippen LogP contribution is -2.55. The summed E-state index contributed by atoms with van der Waals surface area (Å²) in [4.78, 5) is 0. The van der Waals surface area contributed by atoms with E-state index in [0.29, 0.717) is 0 Å². The first-order valence-electron chi connectivity index (χ1n) is 5.71. The van der Waals surface area contributed by atoms with Gasteiger partial charge in [0.25, 0.3) is 0 Å². The highest BCUT2D eigenvalue weighted by Gasteiger charge is 2.44. The van der Waals surface area contributed by atoms with Crippen molar-refractivity contribution in [2.24, 2.45) is 0 Å². The van der Waals surface area contributed by atoms with Crippen LogP contribution in [0.1, 0.15) is 11.7 Å². The van der Waals surface area contributed by atoms with Crippen LogP contribution in [0.15, 0.2) is 18.2 Å². The van der Waals surface area contributed by atoms with E-state index in [1.54, 1.807) is 0 Å². The standard InChI is InChI=1S/C12H14ClFO5/c13-6-3-1-2-5(8(6)14)12-11(18)10(17)9(16)7(4-15)19-12/h1-3,7,9-12,15-18H,4H2/t7-,9-,10+,11+,12-/m1/s1. The van der Waals surface area contributed by atoms with Crippen molar-refractivity contribution in [1.29, 1.82) is 0 Å². The number of aliphatic hydroxyl groups is 4. The topological polar surface area (TPSA) is 90.2 Å². The molecular formula is C12H14ClFO5. The highest BCUT2D eigenvalue weighted by atomic mass is 35.5. The molecule has 1 heterocycles. The first kappa shape index (κ1) is 14.6. The van der Waals surface area contributed by atoms with Gasteiger partial charge >= 0.3 is 0 Å². The number of hydrogen-bond acceptors (Lipinski definition) is 5. The third kappa shape index (κ3) is 2.60. The smallest absolute Gasteiger partial charge is 0.147 e. The first-order chi connectivity index (χ1) is 8.97. The van der Waals surface area contributed by atoms with Crippen LogP contribution in [-0.2, 0) is 4.74 Å². The molecule has 1 saturated heterocycles. The van der Waals surface area contributed by atoms with Crippen molar-refractivity contribution in [2.75, 3.05) is 6.61 Å². The number of halogens is 2. The van der Waals surface area contributed by atoms with Crippen molar-refractivity contribution in [1.82, 2.24) is 0 Å². The maximum atomic E-state index is 13.9. The number of benzene rings is 1. The van der Waals surface area contributed by atoms with Gasteiger partial charge in [-0.25, -0.2) is 4.39 Å². The lowest BCUT2D eigenvalue weighted by atomic mass is 9.91. The van der Waals surface area contributed by atoms with Crippen molar-refractivity contribution >= 4 is 11.6 Å². The molecule has 0 aromatic heterocycles. The Balaban J connectivity index is 2.35. The number of rotatable bonds is 2. The Morgan fingerprint density at radius 2 is 1.84 bits per heavy atom. The van der Waals surface area contributed by atoms with Crippen LogP contribution in [0, 0.1) is 5.82 Å². The van der Waals surface area contributed by atoms with Gasteiger partial charge in [-0.3, -0.25) is 0 Å². The minimum Gasteiger partial charge on any atom is -0.394 e. The number of aliphatic hydroxyl groups excluding tert-OH is 4. The molecule has 7 heteroatoms. The van der Waals surface area contributed by atoms with E-state index >= 15 is 0 Å². The molecule has 0 spiro atoms. The van der Waals surface area contributed by atoms with E-state index in [1.807, 2.05) is 0 Å². The Morgan fingerprint density at radius 1 is 1.16 bits per heavy atom. The van der Waals surface area contributed by atoms with E-state index in [4.69, 9.17) is 21.4 Å². The monoisotopic (exact) mass is 292 g/mol. The van der Waals surface area contributed by atoms with Gasteiger partial charge in [0.2, 0.25) is 0 Å². The van der Waals surface area contributed by atoms with Gasteiger partial charge in [-0.1, -0.05) is 23.7 Å². The van der Waals surface area contributed by atoms with Crippen LogP contribution in [0.25, 0.3) is 0 Å². The van der Waals surface area contributed by atoms with Gasteiger partial charge < -0.3 is 25.2 Å². The fourth-order valence-electron chi connectivity index (χ4n) is 2.10. The molecule has 1 aliphatic heterocycles. The lowest BCUT2D eigenvalue weighted by Gasteiger charge is -2.40. The normalized spacial score (nSPS) is 35.4. The molecule has 0 aliphatic carbocycles. The summed E-state index contributed by atoms with van der Waals surface area (Å²) >= 11 is 5.64. The average molecular weight is 293 g/mol.